The summed E-state index contributed by atoms with van der Waals surface area (Å²) in [6.45, 7) is 13.9. The van der Waals surface area contributed by atoms with E-state index in [9.17, 15) is 0 Å². The molecule has 0 amide bonds. The van der Waals surface area contributed by atoms with E-state index in [1.807, 2.05) is 34.6 Å². The lowest BCUT2D eigenvalue weighted by atomic mass is 9.80. The minimum Gasteiger partial charge on any atom is -0.380 e. The van der Waals surface area contributed by atoms with Gasteiger partial charge in [0.25, 0.3) is 0 Å². The zero-order valence-corrected chi connectivity index (χ0v) is 12.3. The maximum Gasteiger partial charge on any atom is 0.0651 e. The molecule has 0 bridgehead atoms. The molecule has 2 saturated heterocycles. The molecule has 100 valence electrons. The van der Waals surface area contributed by atoms with E-state index >= 15 is 0 Å². The van der Waals surface area contributed by atoms with Crippen molar-refractivity contribution in [2.45, 2.75) is 59.4 Å². The lowest BCUT2D eigenvalue weighted by Gasteiger charge is -2.53. The highest BCUT2D eigenvalue weighted by molar-refractivity contribution is 5.07. The number of rotatable bonds is 1. The van der Waals surface area contributed by atoms with Crippen LogP contribution in [0.3, 0.4) is 0 Å². The first-order chi connectivity index (χ1) is 8.37. The van der Waals surface area contributed by atoms with Crippen molar-refractivity contribution in [1.29, 1.82) is 0 Å². The third-order valence-corrected chi connectivity index (χ3v) is 3.27. The normalized spacial score (nSPS) is 26.4. The fraction of sp³-hybridized carbons (Fsp3) is 0.867. The Bertz CT molecular complexity index is 233. The highest BCUT2D eigenvalue weighted by atomic mass is 16.5. The fourth-order valence-electron chi connectivity index (χ4n) is 2.29. The first-order valence-electron chi connectivity index (χ1n) is 7.10. The summed E-state index contributed by atoms with van der Waals surface area (Å²) in [6.07, 6.45) is 3.83. The van der Waals surface area contributed by atoms with Crippen LogP contribution in [0.1, 0.15) is 53.9 Å². The summed E-state index contributed by atoms with van der Waals surface area (Å²) >= 11 is 0. The molecular weight excluding hydrogens is 210 g/mol. The van der Waals surface area contributed by atoms with Gasteiger partial charge in [0.15, 0.2) is 0 Å². The SMILES string of the molecule is CC.CC.CC#CCN1CCC12CCCOC2. The van der Waals surface area contributed by atoms with E-state index in [0.29, 0.717) is 5.54 Å². The van der Waals surface area contributed by atoms with Crippen LogP contribution < -0.4 is 0 Å². The maximum atomic E-state index is 5.55. The highest BCUT2D eigenvalue weighted by Gasteiger charge is 2.45. The summed E-state index contributed by atoms with van der Waals surface area (Å²) in [5, 5.41) is 0. The van der Waals surface area contributed by atoms with Gasteiger partial charge in [-0.1, -0.05) is 33.6 Å². The molecule has 2 nitrogen and oxygen atoms in total. The predicted molar refractivity (Wildman–Crippen MR) is 75.1 cm³/mol. The predicted octanol–water partition coefficient (Wildman–Crippen LogP) is 3.32. The highest BCUT2D eigenvalue weighted by Crippen LogP contribution is 2.37. The maximum absolute atomic E-state index is 5.55. The van der Waals surface area contributed by atoms with Crippen molar-refractivity contribution in [3.8, 4) is 11.8 Å². The molecule has 2 aliphatic heterocycles. The van der Waals surface area contributed by atoms with Gasteiger partial charge in [-0.15, -0.1) is 5.92 Å². The smallest absolute Gasteiger partial charge is 0.0651 e. The Morgan fingerprint density at radius 1 is 1.18 bits per heavy atom. The molecule has 2 aliphatic rings. The topological polar surface area (TPSA) is 12.5 Å². The summed E-state index contributed by atoms with van der Waals surface area (Å²) in [5.74, 6) is 6.10. The molecule has 2 rings (SSSR count). The van der Waals surface area contributed by atoms with Crippen molar-refractivity contribution in [2.24, 2.45) is 0 Å². The Labute approximate surface area is 108 Å². The van der Waals surface area contributed by atoms with Crippen LogP contribution in [-0.2, 0) is 4.74 Å². The lowest BCUT2D eigenvalue weighted by molar-refractivity contribution is -0.102. The fourth-order valence-corrected chi connectivity index (χ4v) is 2.29. The quantitative estimate of drug-likeness (QED) is 0.651. The van der Waals surface area contributed by atoms with Crippen molar-refractivity contribution >= 4 is 0 Å². The molecule has 2 heterocycles. The average molecular weight is 239 g/mol. The molecule has 17 heavy (non-hydrogen) atoms. The van der Waals surface area contributed by atoms with Crippen molar-refractivity contribution in [3.63, 3.8) is 0 Å². The van der Waals surface area contributed by atoms with E-state index in [2.05, 4.69) is 16.7 Å². The Morgan fingerprint density at radius 3 is 2.29 bits per heavy atom. The third kappa shape index (κ3) is 4.33. The second kappa shape index (κ2) is 9.50. The second-order valence-electron chi connectivity index (χ2n) is 3.98. The van der Waals surface area contributed by atoms with Crippen LogP contribution in [0.2, 0.25) is 0 Å². The molecule has 0 aromatic heterocycles. The van der Waals surface area contributed by atoms with E-state index in [-0.39, 0.29) is 0 Å². The minimum absolute atomic E-state index is 0.377. The lowest BCUT2D eigenvalue weighted by Crippen LogP contribution is -2.63. The van der Waals surface area contributed by atoms with Crippen LogP contribution in [0.15, 0.2) is 0 Å². The summed E-state index contributed by atoms with van der Waals surface area (Å²) in [7, 11) is 0. The Morgan fingerprint density at radius 2 is 1.88 bits per heavy atom. The molecule has 0 N–H and O–H groups in total. The van der Waals surface area contributed by atoms with Crippen LogP contribution >= 0.6 is 0 Å². The molecule has 0 saturated carbocycles. The van der Waals surface area contributed by atoms with E-state index in [0.717, 1.165) is 19.8 Å². The number of likely N-dealkylation sites (tertiary alicyclic amines) is 1. The summed E-state index contributed by atoms with van der Waals surface area (Å²) in [5.41, 5.74) is 0.377. The first kappa shape index (κ1) is 16.5. The third-order valence-electron chi connectivity index (χ3n) is 3.27. The zero-order valence-electron chi connectivity index (χ0n) is 12.3. The Kier molecular flexibility index (Phi) is 9.21. The summed E-state index contributed by atoms with van der Waals surface area (Å²) < 4.78 is 5.55. The van der Waals surface area contributed by atoms with Gasteiger partial charge in [-0.05, 0) is 26.2 Å². The van der Waals surface area contributed by atoms with E-state index in [1.54, 1.807) is 0 Å². The molecule has 0 aromatic rings. The molecule has 2 fully saturated rings. The second-order valence-corrected chi connectivity index (χ2v) is 3.98. The van der Waals surface area contributed by atoms with E-state index in [4.69, 9.17) is 4.74 Å². The molecule has 1 spiro atoms. The standard InChI is InChI=1S/C11H17NO.2C2H6/c1-2-3-7-12-8-6-11(12)5-4-9-13-10-11;2*1-2/h4-10H2,1H3;2*1-2H3. The average Bonchev–Trinajstić information content (AvgIpc) is 2.43. The van der Waals surface area contributed by atoms with Crippen molar-refractivity contribution in [3.05, 3.63) is 0 Å². The zero-order chi connectivity index (χ0) is 13.1. The van der Waals surface area contributed by atoms with Crippen LogP contribution in [-0.4, -0.2) is 36.7 Å². The molecule has 2 heteroatoms. The van der Waals surface area contributed by atoms with Crippen molar-refractivity contribution < 1.29 is 4.74 Å². The molecule has 0 aromatic carbocycles. The monoisotopic (exact) mass is 239 g/mol. The van der Waals surface area contributed by atoms with E-state index in [1.165, 1.54) is 25.8 Å². The number of nitrogens with zero attached hydrogens (tertiary/aromatic N) is 1. The molecule has 0 aliphatic carbocycles. The minimum atomic E-state index is 0.377. The van der Waals surface area contributed by atoms with Gasteiger partial charge in [0.2, 0.25) is 0 Å². The summed E-state index contributed by atoms with van der Waals surface area (Å²) in [4.78, 5) is 2.47. The van der Waals surface area contributed by atoms with E-state index < -0.39 is 0 Å². The van der Waals surface area contributed by atoms with Gasteiger partial charge in [0.05, 0.1) is 13.2 Å². The van der Waals surface area contributed by atoms with Gasteiger partial charge >= 0.3 is 0 Å². The van der Waals surface area contributed by atoms with Gasteiger partial charge in [0, 0.05) is 18.7 Å². The molecule has 1 atom stereocenters. The molecule has 0 radical (unpaired) electrons. The number of hydrogen-bond donors (Lipinski definition) is 0. The van der Waals surface area contributed by atoms with Gasteiger partial charge in [-0.2, -0.15) is 0 Å². The number of ether oxygens (including phenoxy) is 1. The molecular formula is C15H29NO. The van der Waals surface area contributed by atoms with Crippen LogP contribution in [0, 0.1) is 11.8 Å². The number of hydrogen-bond acceptors (Lipinski definition) is 2. The Hall–Kier alpha value is -0.520. The largest absolute Gasteiger partial charge is 0.380 e. The summed E-state index contributed by atoms with van der Waals surface area (Å²) in [6, 6.07) is 0. The van der Waals surface area contributed by atoms with Crippen molar-refractivity contribution in [1.82, 2.24) is 4.90 Å². The first-order valence-corrected chi connectivity index (χ1v) is 7.10. The van der Waals surface area contributed by atoms with Gasteiger partial charge in [-0.25, -0.2) is 0 Å². The van der Waals surface area contributed by atoms with Crippen LogP contribution in [0.4, 0.5) is 0 Å². The Balaban J connectivity index is 0.000000581. The molecule has 1 unspecified atom stereocenters. The van der Waals surface area contributed by atoms with Crippen LogP contribution in [0.25, 0.3) is 0 Å². The van der Waals surface area contributed by atoms with Crippen LogP contribution in [0.5, 0.6) is 0 Å². The van der Waals surface area contributed by atoms with Gasteiger partial charge in [0.1, 0.15) is 0 Å². The van der Waals surface area contributed by atoms with Gasteiger partial charge in [-0.3, -0.25) is 4.90 Å². The van der Waals surface area contributed by atoms with Crippen molar-refractivity contribution in [2.75, 3.05) is 26.3 Å². The van der Waals surface area contributed by atoms with Gasteiger partial charge < -0.3 is 4.74 Å².